The molecule has 0 saturated carbocycles. The number of carbonyl (C=O) groups is 1. The summed E-state index contributed by atoms with van der Waals surface area (Å²) in [5.74, 6) is -0.468. The molecule has 1 atom stereocenters. The minimum Gasteiger partial charge on any atom is -0.349 e. The van der Waals surface area contributed by atoms with Gasteiger partial charge in [-0.05, 0) is 48.6 Å². The quantitative estimate of drug-likeness (QED) is 0.690. The van der Waals surface area contributed by atoms with E-state index >= 15 is 0 Å². The minimum atomic E-state index is -3.72. The van der Waals surface area contributed by atoms with E-state index in [-0.39, 0.29) is 22.9 Å². The molecule has 8 heteroatoms. The summed E-state index contributed by atoms with van der Waals surface area (Å²) in [6.07, 6.45) is 2.70. The zero-order chi connectivity index (χ0) is 22.9. The highest BCUT2D eigenvalue weighted by molar-refractivity contribution is 7.89. The Kier molecular flexibility index (Phi) is 6.65. The van der Waals surface area contributed by atoms with E-state index in [4.69, 9.17) is 0 Å². The molecule has 32 heavy (non-hydrogen) atoms. The predicted octanol–water partition coefficient (Wildman–Crippen LogP) is 3.06. The molecule has 6 nitrogen and oxygen atoms in total. The van der Waals surface area contributed by atoms with Gasteiger partial charge < -0.3 is 4.90 Å². The van der Waals surface area contributed by atoms with Crippen molar-refractivity contribution in [1.29, 1.82) is 0 Å². The van der Waals surface area contributed by atoms with E-state index in [1.165, 1.54) is 33.6 Å². The molecular formula is C24H30FN3O3S. The standard InChI is InChI=1S/C24H30FN3O3S/c1-26(2)24(29)17-23-22-9-4-3-6-18(22)10-15-28(23)20-11-13-27(14-12-20)32(30,31)21-8-5-7-19(25)16-21/h3-9,16,20,23H,10-15,17H2,1-2H3. The smallest absolute Gasteiger partial charge is 0.243 e. The summed E-state index contributed by atoms with van der Waals surface area (Å²) in [5.41, 5.74) is 2.48. The van der Waals surface area contributed by atoms with E-state index in [1.807, 2.05) is 12.1 Å². The highest BCUT2D eigenvalue weighted by Crippen LogP contribution is 2.37. The van der Waals surface area contributed by atoms with Crippen molar-refractivity contribution in [2.24, 2.45) is 0 Å². The van der Waals surface area contributed by atoms with Crippen LogP contribution in [0.2, 0.25) is 0 Å². The van der Waals surface area contributed by atoms with Crippen molar-refractivity contribution in [3.05, 3.63) is 65.5 Å². The Morgan fingerprint density at radius 3 is 2.47 bits per heavy atom. The van der Waals surface area contributed by atoms with Crippen molar-refractivity contribution in [1.82, 2.24) is 14.1 Å². The molecule has 2 heterocycles. The summed E-state index contributed by atoms with van der Waals surface area (Å²) in [6.45, 7) is 1.62. The first kappa shape index (κ1) is 22.9. The number of carbonyl (C=O) groups excluding carboxylic acids is 1. The fourth-order valence-electron chi connectivity index (χ4n) is 4.87. The highest BCUT2D eigenvalue weighted by atomic mass is 32.2. The van der Waals surface area contributed by atoms with Gasteiger partial charge in [-0.3, -0.25) is 9.69 Å². The maximum Gasteiger partial charge on any atom is 0.243 e. The summed E-state index contributed by atoms with van der Waals surface area (Å²) < 4.78 is 41.0. The van der Waals surface area contributed by atoms with Crippen LogP contribution in [-0.4, -0.2) is 68.2 Å². The fourth-order valence-corrected chi connectivity index (χ4v) is 6.38. The molecule has 1 fully saturated rings. The Morgan fingerprint density at radius 1 is 1.06 bits per heavy atom. The Morgan fingerprint density at radius 2 is 1.78 bits per heavy atom. The third-order valence-corrected chi connectivity index (χ3v) is 8.54. The third-order valence-electron chi connectivity index (χ3n) is 6.65. The maximum atomic E-state index is 13.6. The number of hydrogen-bond donors (Lipinski definition) is 0. The van der Waals surface area contributed by atoms with E-state index in [1.54, 1.807) is 19.0 Å². The van der Waals surface area contributed by atoms with Crippen LogP contribution in [0.25, 0.3) is 0 Å². The van der Waals surface area contributed by atoms with Gasteiger partial charge in [0.05, 0.1) is 4.90 Å². The van der Waals surface area contributed by atoms with Crippen LogP contribution in [0, 0.1) is 5.82 Å². The van der Waals surface area contributed by atoms with E-state index in [0.717, 1.165) is 19.0 Å². The lowest BCUT2D eigenvalue weighted by molar-refractivity contribution is -0.130. The van der Waals surface area contributed by atoms with Crippen molar-refractivity contribution < 1.29 is 17.6 Å². The van der Waals surface area contributed by atoms with Gasteiger partial charge in [0, 0.05) is 52.2 Å². The Labute approximate surface area is 189 Å². The first-order valence-corrected chi connectivity index (χ1v) is 12.5. The lowest BCUT2D eigenvalue weighted by Crippen LogP contribution is -2.50. The fraction of sp³-hybridized carbons (Fsp3) is 0.458. The second kappa shape index (κ2) is 9.29. The van der Waals surface area contributed by atoms with Gasteiger partial charge >= 0.3 is 0 Å². The topological polar surface area (TPSA) is 60.9 Å². The molecule has 0 aromatic heterocycles. The summed E-state index contributed by atoms with van der Waals surface area (Å²) in [4.78, 5) is 16.6. The summed E-state index contributed by atoms with van der Waals surface area (Å²) >= 11 is 0. The molecule has 1 unspecified atom stereocenters. The van der Waals surface area contributed by atoms with Gasteiger partial charge in [0.1, 0.15) is 5.82 Å². The summed E-state index contributed by atoms with van der Waals surface area (Å²) in [6, 6.07) is 13.7. The number of benzene rings is 2. The predicted molar refractivity (Wildman–Crippen MR) is 121 cm³/mol. The maximum absolute atomic E-state index is 13.6. The number of rotatable bonds is 5. The molecule has 172 valence electrons. The third kappa shape index (κ3) is 4.58. The second-order valence-electron chi connectivity index (χ2n) is 8.79. The zero-order valence-electron chi connectivity index (χ0n) is 18.6. The van der Waals surface area contributed by atoms with Crippen molar-refractivity contribution >= 4 is 15.9 Å². The molecule has 2 aliphatic heterocycles. The van der Waals surface area contributed by atoms with E-state index in [2.05, 4.69) is 17.0 Å². The lowest BCUT2D eigenvalue weighted by Gasteiger charge is -2.45. The molecule has 0 N–H and O–H groups in total. The minimum absolute atomic E-state index is 0.00249. The van der Waals surface area contributed by atoms with Gasteiger partial charge in [-0.2, -0.15) is 4.31 Å². The SMILES string of the molecule is CN(C)C(=O)CC1c2ccccc2CCN1C1CCN(S(=O)(=O)c2cccc(F)c2)CC1. The first-order chi connectivity index (χ1) is 15.3. The molecule has 0 spiro atoms. The van der Waals surface area contributed by atoms with Gasteiger partial charge in [-0.15, -0.1) is 0 Å². The number of piperidine rings is 1. The van der Waals surface area contributed by atoms with E-state index < -0.39 is 15.8 Å². The van der Waals surface area contributed by atoms with Gasteiger partial charge in [0.15, 0.2) is 0 Å². The number of halogens is 1. The number of amides is 1. The molecule has 4 rings (SSSR count). The number of hydrogen-bond acceptors (Lipinski definition) is 4. The normalized spacial score (nSPS) is 20.7. The van der Waals surface area contributed by atoms with Crippen LogP contribution in [0.1, 0.15) is 36.4 Å². The first-order valence-electron chi connectivity index (χ1n) is 11.1. The molecule has 2 aromatic rings. The second-order valence-corrected chi connectivity index (χ2v) is 10.7. The van der Waals surface area contributed by atoms with E-state index in [0.29, 0.717) is 32.4 Å². The zero-order valence-corrected chi connectivity index (χ0v) is 19.4. The Hall–Kier alpha value is -2.29. The molecule has 2 aromatic carbocycles. The van der Waals surface area contributed by atoms with Crippen LogP contribution >= 0.6 is 0 Å². The average Bonchev–Trinajstić information content (AvgIpc) is 2.79. The Balaban J connectivity index is 1.51. The molecule has 1 saturated heterocycles. The average molecular weight is 460 g/mol. The number of fused-ring (bicyclic) bond motifs is 1. The van der Waals surface area contributed by atoms with Gasteiger partial charge in [-0.25, -0.2) is 12.8 Å². The molecule has 0 bridgehead atoms. The largest absolute Gasteiger partial charge is 0.349 e. The van der Waals surface area contributed by atoms with Gasteiger partial charge in [0.2, 0.25) is 15.9 Å². The lowest BCUT2D eigenvalue weighted by atomic mass is 9.87. The van der Waals surface area contributed by atoms with E-state index in [9.17, 15) is 17.6 Å². The van der Waals surface area contributed by atoms with Crippen molar-refractivity contribution in [2.45, 2.75) is 42.7 Å². The molecule has 1 amide bonds. The van der Waals surface area contributed by atoms with Crippen LogP contribution < -0.4 is 0 Å². The van der Waals surface area contributed by atoms with Crippen molar-refractivity contribution in [2.75, 3.05) is 33.7 Å². The summed E-state index contributed by atoms with van der Waals surface area (Å²) in [5, 5.41) is 0. The van der Waals surface area contributed by atoms with Crippen LogP contribution in [0.15, 0.2) is 53.4 Å². The highest BCUT2D eigenvalue weighted by Gasteiger charge is 2.37. The van der Waals surface area contributed by atoms with Crippen LogP contribution in [0.3, 0.4) is 0 Å². The van der Waals surface area contributed by atoms with Crippen LogP contribution in [0.5, 0.6) is 0 Å². The van der Waals surface area contributed by atoms with Crippen molar-refractivity contribution in [3.63, 3.8) is 0 Å². The summed E-state index contributed by atoms with van der Waals surface area (Å²) in [7, 11) is -0.167. The van der Waals surface area contributed by atoms with Crippen molar-refractivity contribution in [3.8, 4) is 0 Å². The molecule has 0 aliphatic carbocycles. The molecular weight excluding hydrogens is 429 g/mol. The molecule has 2 aliphatic rings. The van der Waals surface area contributed by atoms with Crippen LogP contribution in [0.4, 0.5) is 4.39 Å². The van der Waals surface area contributed by atoms with Crippen LogP contribution in [-0.2, 0) is 21.2 Å². The van der Waals surface area contributed by atoms with Gasteiger partial charge in [-0.1, -0.05) is 30.3 Å². The monoisotopic (exact) mass is 459 g/mol. The Bertz CT molecular complexity index is 1080. The number of sulfonamides is 1. The molecule has 0 radical (unpaired) electrons. The van der Waals surface area contributed by atoms with Gasteiger partial charge in [0.25, 0.3) is 0 Å². The number of nitrogens with zero attached hydrogens (tertiary/aromatic N) is 3.